The fraction of sp³-hybridized carbons (Fsp3) is 0.318. The molecule has 11 heteroatoms. The van der Waals surface area contributed by atoms with Crippen molar-refractivity contribution in [3.05, 3.63) is 63.6 Å². The topological polar surface area (TPSA) is 128 Å². The van der Waals surface area contributed by atoms with E-state index in [-0.39, 0.29) is 34.3 Å². The first kappa shape index (κ1) is 25.0. The molecule has 1 heterocycles. The van der Waals surface area contributed by atoms with Crippen LogP contribution in [-0.2, 0) is 26.0 Å². The van der Waals surface area contributed by atoms with Gasteiger partial charge in [-0.15, -0.1) is 0 Å². The summed E-state index contributed by atoms with van der Waals surface area (Å²) >= 11 is 11.9. The van der Waals surface area contributed by atoms with Crippen LogP contribution in [0.2, 0.25) is 10.0 Å². The molecule has 174 valence electrons. The number of nitrogens with one attached hydrogen (secondary N) is 1. The lowest BCUT2D eigenvalue weighted by Gasteiger charge is -2.34. The fourth-order valence-electron chi connectivity index (χ4n) is 3.90. The van der Waals surface area contributed by atoms with Gasteiger partial charge in [-0.3, -0.25) is 4.79 Å². The highest BCUT2D eigenvalue weighted by Gasteiger charge is 2.50. The van der Waals surface area contributed by atoms with Gasteiger partial charge in [-0.1, -0.05) is 41.4 Å². The number of carboxylic acids is 1. The summed E-state index contributed by atoms with van der Waals surface area (Å²) in [4.78, 5) is 25.0. The van der Waals surface area contributed by atoms with Gasteiger partial charge >= 0.3 is 5.97 Å². The number of carbonyl (C=O) groups excluding carboxylic acids is 1. The van der Waals surface area contributed by atoms with Gasteiger partial charge in [-0.2, -0.15) is 9.57 Å². The van der Waals surface area contributed by atoms with Crippen LogP contribution in [-0.4, -0.2) is 47.8 Å². The lowest BCUT2D eigenvalue weighted by Crippen LogP contribution is -2.58. The van der Waals surface area contributed by atoms with Crippen molar-refractivity contribution in [3.8, 4) is 6.07 Å². The summed E-state index contributed by atoms with van der Waals surface area (Å²) in [5.41, 5.74) is -0.759. The van der Waals surface area contributed by atoms with Gasteiger partial charge in [0.25, 0.3) is 0 Å². The van der Waals surface area contributed by atoms with Gasteiger partial charge in [0.2, 0.25) is 15.9 Å². The molecule has 1 fully saturated rings. The Kier molecular flexibility index (Phi) is 7.34. The Bertz CT molecular complexity index is 1220. The number of hydrogen-bond donors (Lipinski definition) is 2. The second kappa shape index (κ2) is 9.69. The SMILES string of the molecule is C[C@@]1(C(=O)N[C@@H](Cc2ccccc2C#N)C(=O)O)CCCN1S(=O)(=O)c1cc(Cl)cc(Cl)c1. The highest BCUT2D eigenvalue weighted by atomic mass is 35.5. The van der Waals surface area contributed by atoms with E-state index in [1.54, 1.807) is 24.3 Å². The molecule has 0 bridgehead atoms. The summed E-state index contributed by atoms with van der Waals surface area (Å²) in [5, 5.41) is 21.7. The zero-order valence-electron chi connectivity index (χ0n) is 17.6. The zero-order valence-corrected chi connectivity index (χ0v) is 19.9. The molecule has 0 aliphatic carbocycles. The van der Waals surface area contributed by atoms with Gasteiger partial charge in [0.1, 0.15) is 11.6 Å². The fourth-order valence-corrected chi connectivity index (χ4v) is 6.43. The minimum absolute atomic E-state index is 0.0748. The van der Waals surface area contributed by atoms with E-state index in [1.165, 1.54) is 25.1 Å². The van der Waals surface area contributed by atoms with Gasteiger partial charge in [0.15, 0.2) is 0 Å². The molecule has 1 aliphatic heterocycles. The van der Waals surface area contributed by atoms with Crippen molar-refractivity contribution in [2.24, 2.45) is 0 Å². The van der Waals surface area contributed by atoms with Crippen LogP contribution < -0.4 is 5.32 Å². The second-order valence-corrected chi connectivity index (χ2v) is 10.6. The molecule has 33 heavy (non-hydrogen) atoms. The van der Waals surface area contributed by atoms with Gasteiger partial charge in [-0.25, -0.2) is 13.2 Å². The van der Waals surface area contributed by atoms with Crippen molar-refractivity contribution in [2.45, 2.75) is 42.7 Å². The first-order valence-corrected chi connectivity index (χ1v) is 12.2. The number of sulfonamides is 1. The number of nitrogens with zero attached hydrogens (tertiary/aromatic N) is 2. The Morgan fingerprint density at radius 2 is 1.88 bits per heavy atom. The molecule has 2 atom stereocenters. The summed E-state index contributed by atoms with van der Waals surface area (Å²) in [6.45, 7) is 1.53. The van der Waals surface area contributed by atoms with Gasteiger partial charge in [0.05, 0.1) is 16.5 Å². The molecule has 0 aromatic heterocycles. The number of carboxylic acid groups (broad SMARTS) is 1. The summed E-state index contributed by atoms with van der Waals surface area (Å²) in [6, 6.07) is 11.0. The van der Waals surface area contributed by atoms with E-state index < -0.39 is 33.5 Å². The highest BCUT2D eigenvalue weighted by molar-refractivity contribution is 7.89. The van der Waals surface area contributed by atoms with Crippen LogP contribution in [0.15, 0.2) is 47.4 Å². The zero-order chi connectivity index (χ0) is 24.4. The number of hydrogen-bond acceptors (Lipinski definition) is 5. The van der Waals surface area contributed by atoms with E-state index in [0.717, 1.165) is 4.31 Å². The molecular weight excluding hydrogens is 489 g/mol. The maximum Gasteiger partial charge on any atom is 0.326 e. The van der Waals surface area contributed by atoms with Crippen LogP contribution in [0.1, 0.15) is 30.9 Å². The maximum absolute atomic E-state index is 13.3. The summed E-state index contributed by atoms with van der Waals surface area (Å²) in [7, 11) is -4.15. The number of benzene rings is 2. The van der Waals surface area contributed by atoms with Gasteiger partial charge in [0, 0.05) is 23.0 Å². The molecular formula is C22H21Cl2N3O5S. The average Bonchev–Trinajstić information content (AvgIpc) is 3.16. The first-order chi connectivity index (χ1) is 15.5. The van der Waals surface area contributed by atoms with E-state index in [4.69, 9.17) is 23.2 Å². The van der Waals surface area contributed by atoms with E-state index in [2.05, 4.69) is 5.32 Å². The molecule has 3 rings (SSSR count). The molecule has 0 radical (unpaired) electrons. The molecule has 1 aliphatic rings. The van der Waals surface area contributed by atoms with Crippen LogP contribution in [0.25, 0.3) is 0 Å². The number of halogens is 2. The third-order valence-corrected chi connectivity index (χ3v) is 8.09. The lowest BCUT2D eigenvalue weighted by atomic mass is 9.96. The van der Waals surface area contributed by atoms with Gasteiger partial charge in [-0.05, 0) is 49.6 Å². The standard InChI is InChI=1S/C22H21Cl2N3O5S/c1-22(7-4-8-27(22)33(31,32)18-11-16(23)10-17(24)12-18)21(30)26-19(20(28)29)9-14-5-2-3-6-15(14)13-25/h2-3,5-6,10-12,19H,4,7-9H2,1H3,(H,26,30)(H,28,29)/t19-,22-/m0/s1. The Hall–Kier alpha value is -2.64. The minimum Gasteiger partial charge on any atom is -0.480 e. The Balaban J connectivity index is 1.89. The number of carbonyl (C=O) groups is 2. The smallest absolute Gasteiger partial charge is 0.326 e. The lowest BCUT2D eigenvalue weighted by molar-refractivity contribution is -0.143. The monoisotopic (exact) mass is 509 g/mol. The molecule has 0 unspecified atom stereocenters. The largest absolute Gasteiger partial charge is 0.480 e. The predicted molar refractivity (Wildman–Crippen MR) is 122 cm³/mol. The molecule has 8 nitrogen and oxygen atoms in total. The quantitative estimate of drug-likeness (QED) is 0.589. The van der Waals surface area contributed by atoms with Crippen molar-refractivity contribution in [1.82, 2.24) is 9.62 Å². The first-order valence-electron chi connectivity index (χ1n) is 10.00. The molecule has 2 aromatic carbocycles. The van der Waals surface area contributed by atoms with E-state index in [0.29, 0.717) is 17.5 Å². The van der Waals surface area contributed by atoms with Crippen LogP contribution >= 0.6 is 23.2 Å². The number of aliphatic carboxylic acids is 1. The van der Waals surface area contributed by atoms with Crippen LogP contribution in [0, 0.1) is 11.3 Å². The molecule has 0 saturated carbocycles. The van der Waals surface area contributed by atoms with Crippen LogP contribution in [0.5, 0.6) is 0 Å². The van der Waals surface area contributed by atoms with Crippen LogP contribution in [0.3, 0.4) is 0 Å². The predicted octanol–water partition coefficient (Wildman–Crippen LogP) is 3.22. The van der Waals surface area contributed by atoms with Crippen LogP contribution in [0.4, 0.5) is 0 Å². The van der Waals surface area contributed by atoms with Gasteiger partial charge < -0.3 is 10.4 Å². The van der Waals surface area contributed by atoms with Crippen molar-refractivity contribution in [2.75, 3.05) is 6.54 Å². The summed E-state index contributed by atoms with van der Waals surface area (Å²) in [5.74, 6) is -2.03. The number of amides is 1. The van der Waals surface area contributed by atoms with Crippen molar-refractivity contribution < 1.29 is 23.1 Å². The number of nitriles is 1. The maximum atomic E-state index is 13.3. The molecule has 2 aromatic rings. The molecule has 1 saturated heterocycles. The Labute approximate surface area is 201 Å². The van der Waals surface area contributed by atoms with E-state index >= 15 is 0 Å². The third-order valence-electron chi connectivity index (χ3n) is 5.65. The number of rotatable bonds is 7. The second-order valence-electron chi connectivity index (χ2n) is 7.90. The molecule has 2 N–H and O–H groups in total. The summed E-state index contributed by atoms with van der Waals surface area (Å²) < 4.78 is 27.7. The Morgan fingerprint density at radius 3 is 2.48 bits per heavy atom. The Morgan fingerprint density at radius 1 is 1.24 bits per heavy atom. The van der Waals surface area contributed by atoms with E-state index in [1.807, 2.05) is 6.07 Å². The normalized spacial score (nSPS) is 19.6. The van der Waals surface area contributed by atoms with E-state index in [9.17, 15) is 28.4 Å². The van der Waals surface area contributed by atoms with Crippen molar-refractivity contribution >= 4 is 45.1 Å². The van der Waals surface area contributed by atoms with Crippen molar-refractivity contribution in [3.63, 3.8) is 0 Å². The van der Waals surface area contributed by atoms with Crippen molar-refractivity contribution in [1.29, 1.82) is 5.26 Å². The third kappa shape index (κ3) is 5.14. The molecule has 1 amide bonds. The minimum atomic E-state index is -4.15. The summed E-state index contributed by atoms with van der Waals surface area (Å²) in [6.07, 6.45) is 0.484. The average molecular weight is 510 g/mol. The highest BCUT2D eigenvalue weighted by Crippen LogP contribution is 2.36. The molecule has 0 spiro atoms.